The number of likely N-dealkylation sites (tertiary alicyclic amines) is 1. The Labute approximate surface area is 145 Å². The van der Waals surface area contributed by atoms with E-state index in [1.54, 1.807) is 24.0 Å². The number of aryl methyl sites for hydroxylation is 1. The van der Waals surface area contributed by atoms with Crippen LogP contribution in [0.3, 0.4) is 0 Å². The van der Waals surface area contributed by atoms with Crippen LogP contribution in [-0.4, -0.2) is 46.1 Å². The van der Waals surface area contributed by atoms with Crippen LogP contribution in [0.5, 0.6) is 0 Å². The fourth-order valence-corrected chi connectivity index (χ4v) is 3.54. The molecule has 3 heterocycles. The SMILES string of the molecule is Cc1nc([C@H]2CCCN(C(=O)[C@@H]3Cc4ccccc4C(=O)O3)C2)no1. The topological polar surface area (TPSA) is 85.5 Å². The minimum absolute atomic E-state index is 0.0572. The summed E-state index contributed by atoms with van der Waals surface area (Å²) in [5, 5.41) is 3.98. The molecule has 1 saturated heterocycles. The molecule has 0 unspecified atom stereocenters. The highest BCUT2D eigenvalue weighted by atomic mass is 16.5. The van der Waals surface area contributed by atoms with Crippen molar-refractivity contribution < 1.29 is 18.8 Å². The van der Waals surface area contributed by atoms with Crippen molar-refractivity contribution in [2.75, 3.05) is 13.1 Å². The van der Waals surface area contributed by atoms with Crippen molar-refractivity contribution in [1.29, 1.82) is 0 Å². The van der Waals surface area contributed by atoms with E-state index in [2.05, 4.69) is 10.1 Å². The monoisotopic (exact) mass is 341 g/mol. The van der Waals surface area contributed by atoms with Crippen molar-refractivity contribution in [2.45, 2.75) is 38.2 Å². The van der Waals surface area contributed by atoms with Crippen molar-refractivity contribution >= 4 is 11.9 Å². The smallest absolute Gasteiger partial charge is 0.339 e. The highest BCUT2D eigenvalue weighted by Crippen LogP contribution is 2.27. The number of hydrogen-bond donors (Lipinski definition) is 0. The lowest BCUT2D eigenvalue weighted by Gasteiger charge is -2.34. The molecule has 0 saturated carbocycles. The number of fused-ring (bicyclic) bond motifs is 1. The van der Waals surface area contributed by atoms with Crippen LogP contribution in [-0.2, 0) is 16.0 Å². The predicted octanol–water partition coefficient (Wildman–Crippen LogP) is 1.87. The number of amides is 1. The van der Waals surface area contributed by atoms with Crippen molar-refractivity contribution in [3.8, 4) is 0 Å². The Morgan fingerprint density at radius 2 is 2.16 bits per heavy atom. The zero-order chi connectivity index (χ0) is 17.4. The van der Waals surface area contributed by atoms with E-state index in [-0.39, 0.29) is 11.8 Å². The Hall–Kier alpha value is -2.70. The number of rotatable bonds is 2. The number of benzene rings is 1. The van der Waals surface area contributed by atoms with E-state index in [9.17, 15) is 9.59 Å². The lowest BCUT2D eigenvalue weighted by Crippen LogP contribution is -2.48. The maximum atomic E-state index is 12.9. The zero-order valence-electron chi connectivity index (χ0n) is 14.0. The number of carbonyl (C=O) groups excluding carboxylic acids is 2. The maximum Gasteiger partial charge on any atom is 0.339 e. The second kappa shape index (κ2) is 6.31. The Morgan fingerprint density at radius 1 is 1.32 bits per heavy atom. The van der Waals surface area contributed by atoms with Crippen LogP contribution in [0.15, 0.2) is 28.8 Å². The summed E-state index contributed by atoms with van der Waals surface area (Å²) in [6.07, 6.45) is 1.44. The Morgan fingerprint density at radius 3 is 2.96 bits per heavy atom. The molecule has 130 valence electrons. The van der Waals surface area contributed by atoms with E-state index in [1.165, 1.54) is 0 Å². The van der Waals surface area contributed by atoms with Gasteiger partial charge in [0.1, 0.15) is 0 Å². The van der Waals surface area contributed by atoms with E-state index < -0.39 is 12.1 Å². The van der Waals surface area contributed by atoms with Crippen LogP contribution in [0.2, 0.25) is 0 Å². The Kier molecular flexibility index (Phi) is 3.99. The Bertz CT molecular complexity index is 816. The third kappa shape index (κ3) is 3.01. The molecule has 7 nitrogen and oxygen atoms in total. The molecule has 0 N–H and O–H groups in total. The second-order valence-corrected chi connectivity index (χ2v) is 6.55. The molecule has 1 aromatic carbocycles. The van der Waals surface area contributed by atoms with Crippen LogP contribution in [0.1, 0.15) is 46.4 Å². The van der Waals surface area contributed by atoms with E-state index >= 15 is 0 Å². The Balaban J connectivity index is 1.48. The summed E-state index contributed by atoms with van der Waals surface area (Å²) in [6, 6.07) is 7.27. The first-order chi connectivity index (χ1) is 12.1. The molecule has 0 bridgehead atoms. The van der Waals surface area contributed by atoms with E-state index in [1.807, 2.05) is 12.1 Å². The van der Waals surface area contributed by atoms with Crippen LogP contribution >= 0.6 is 0 Å². The van der Waals surface area contributed by atoms with E-state index in [4.69, 9.17) is 9.26 Å². The van der Waals surface area contributed by atoms with Gasteiger partial charge in [-0.05, 0) is 24.5 Å². The van der Waals surface area contributed by atoms with Crippen LogP contribution < -0.4 is 0 Å². The summed E-state index contributed by atoms with van der Waals surface area (Å²) >= 11 is 0. The van der Waals surface area contributed by atoms with Gasteiger partial charge in [-0.1, -0.05) is 23.4 Å². The van der Waals surface area contributed by atoms with Crippen molar-refractivity contribution in [1.82, 2.24) is 15.0 Å². The van der Waals surface area contributed by atoms with Gasteiger partial charge in [-0.3, -0.25) is 4.79 Å². The average molecular weight is 341 g/mol. The van der Waals surface area contributed by atoms with Crippen LogP contribution in [0, 0.1) is 6.92 Å². The molecule has 1 fully saturated rings. The molecule has 1 amide bonds. The van der Waals surface area contributed by atoms with Gasteiger partial charge in [0, 0.05) is 32.4 Å². The number of ether oxygens (including phenoxy) is 1. The van der Waals surface area contributed by atoms with Gasteiger partial charge in [0.05, 0.1) is 5.56 Å². The van der Waals surface area contributed by atoms with Crippen molar-refractivity contribution in [3.05, 3.63) is 47.1 Å². The number of cyclic esters (lactones) is 1. The first kappa shape index (κ1) is 15.8. The number of nitrogens with zero attached hydrogens (tertiary/aromatic N) is 3. The number of hydrogen-bond acceptors (Lipinski definition) is 6. The average Bonchev–Trinajstić information content (AvgIpc) is 3.08. The van der Waals surface area contributed by atoms with Crippen molar-refractivity contribution in [3.63, 3.8) is 0 Å². The van der Waals surface area contributed by atoms with Gasteiger partial charge >= 0.3 is 5.97 Å². The molecular formula is C18H19N3O4. The minimum Gasteiger partial charge on any atom is -0.448 e. The second-order valence-electron chi connectivity index (χ2n) is 6.55. The molecule has 25 heavy (non-hydrogen) atoms. The highest BCUT2D eigenvalue weighted by molar-refractivity contribution is 5.95. The fraction of sp³-hybridized carbons (Fsp3) is 0.444. The number of piperidine rings is 1. The van der Waals surface area contributed by atoms with Gasteiger partial charge in [0.2, 0.25) is 5.89 Å². The third-order valence-electron chi connectivity index (χ3n) is 4.81. The lowest BCUT2D eigenvalue weighted by molar-refractivity contribution is -0.142. The van der Waals surface area contributed by atoms with Gasteiger partial charge in [0.15, 0.2) is 11.9 Å². The standard InChI is InChI=1S/C18H19N3O4/c1-11-19-16(20-25-11)13-6-4-8-21(10-13)17(22)15-9-12-5-2-3-7-14(12)18(23)24-15/h2-3,5,7,13,15H,4,6,8-10H2,1H3/t13-,15-/m0/s1. The summed E-state index contributed by atoms with van der Waals surface area (Å²) in [7, 11) is 0. The number of carbonyl (C=O) groups is 2. The molecule has 0 radical (unpaired) electrons. The quantitative estimate of drug-likeness (QED) is 0.775. The first-order valence-electron chi connectivity index (χ1n) is 8.49. The van der Waals surface area contributed by atoms with Crippen LogP contribution in [0.25, 0.3) is 0 Å². The summed E-state index contributed by atoms with van der Waals surface area (Å²) in [5.74, 6) is 0.648. The first-order valence-corrected chi connectivity index (χ1v) is 8.49. The van der Waals surface area contributed by atoms with Gasteiger partial charge in [0.25, 0.3) is 5.91 Å². The van der Waals surface area contributed by atoms with Gasteiger partial charge in [-0.25, -0.2) is 4.79 Å². The molecule has 1 aromatic heterocycles. The molecule has 2 atom stereocenters. The van der Waals surface area contributed by atoms with E-state index in [0.717, 1.165) is 18.4 Å². The zero-order valence-corrected chi connectivity index (χ0v) is 14.0. The molecular weight excluding hydrogens is 322 g/mol. The molecule has 7 heteroatoms. The summed E-state index contributed by atoms with van der Waals surface area (Å²) in [4.78, 5) is 31.1. The highest BCUT2D eigenvalue weighted by Gasteiger charge is 2.36. The normalized spacial score (nSPS) is 23.1. The third-order valence-corrected chi connectivity index (χ3v) is 4.81. The molecule has 2 aromatic rings. The van der Waals surface area contributed by atoms with E-state index in [0.29, 0.717) is 36.8 Å². The van der Waals surface area contributed by atoms with Crippen molar-refractivity contribution in [2.24, 2.45) is 0 Å². The molecule has 2 aliphatic rings. The fourth-order valence-electron chi connectivity index (χ4n) is 3.54. The van der Waals surface area contributed by atoms with Crippen LogP contribution in [0.4, 0.5) is 0 Å². The molecule has 2 aliphatic heterocycles. The summed E-state index contributed by atoms with van der Waals surface area (Å²) in [5.41, 5.74) is 1.41. The summed E-state index contributed by atoms with van der Waals surface area (Å²) < 4.78 is 10.4. The number of esters is 1. The molecule has 4 rings (SSSR count). The molecule has 0 aliphatic carbocycles. The molecule has 0 spiro atoms. The number of aromatic nitrogens is 2. The predicted molar refractivity (Wildman–Crippen MR) is 86.9 cm³/mol. The van der Waals surface area contributed by atoms with Gasteiger partial charge in [-0.15, -0.1) is 0 Å². The lowest BCUT2D eigenvalue weighted by atomic mass is 9.95. The van der Waals surface area contributed by atoms with Gasteiger partial charge < -0.3 is 14.2 Å². The summed E-state index contributed by atoms with van der Waals surface area (Å²) in [6.45, 7) is 2.93. The maximum absolute atomic E-state index is 12.9. The minimum atomic E-state index is -0.756. The largest absolute Gasteiger partial charge is 0.448 e. The van der Waals surface area contributed by atoms with Gasteiger partial charge in [-0.2, -0.15) is 4.98 Å².